The highest BCUT2D eigenvalue weighted by Crippen LogP contribution is 2.27. The van der Waals surface area contributed by atoms with E-state index >= 15 is 0 Å². The standard InChI is InChI=1S/C14H31N3/c1-5-14(6-2,11-15)12-17(4)13-7-9-16(3)10-8-13/h13H,5-12,15H2,1-4H3. The Morgan fingerprint density at radius 1 is 1.24 bits per heavy atom. The summed E-state index contributed by atoms with van der Waals surface area (Å²) in [5.41, 5.74) is 6.33. The highest BCUT2D eigenvalue weighted by molar-refractivity contribution is 4.85. The average molecular weight is 241 g/mol. The Kier molecular flexibility index (Phi) is 5.90. The molecule has 0 aromatic heterocycles. The summed E-state index contributed by atoms with van der Waals surface area (Å²) in [7, 11) is 4.50. The van der Waals surface area contributed by atoms with Crippen molar-refractivity contribution in [3.8, 4) is 0 Å². The number of nitrogens with two attached hydrogens (primary N) is 1. The molecule has 3 heteroatoms. The normalized spacial score (nSPS) is 20.1. The second-order valence-electron chi connectivity index (χ2n) is 5.86. The molecule has 1 saturated heterocycles. The molecule has 0 bridgehead atoms. The number of rotatable bonds is 6. The Hall–Kier alpha value is -0.120. The van der Waals surface area contributed by atoms with Crippen LogP contribution in [0.3, 0.4) is 0 Å². The van der Waals surface area contributed by atoms with E-state index in [4.69, 9.17) is 5.73 Å². The molecule has 3 nitrogen and oxygen atoms in total. The third-order valence-corrected chi connectivity index (χ3v) is 4.83. The maximum absolute atomic E-state index is 5.99. The second kappa shape index (κ2) is 6.72. The largest absolute Gasteiger partial charge is 0.330 e. The molecule has 0 radical (unpaired) electrons. The van der Waals surface area contributed by atoms with Crippen molar-refractivity contribution in [3.05, 3.63) is 0 Å². The lowest BCUT2D eigenvalue weighted by atomic mass is 9.81. The van der Waals surface area contributed by atoms with E-state index in [0.29, 0.717) is 5.41 Å². The van der Waals surface area contributed by atoms with Crippen LogP contribution >= 0.6 is 0 Å². The highest BCUT2D eigenvalue weighted by atomic mass is 15.2. The second-order valence-corrected chi connectivity index (χ2v) is 5.86. The third-order valence-electron chi connectivity index (χ3n) is 4.83. The van der Waals surface area contributed by atoms with E-state index in [2.05, 4.69) is 37.7 Å². The monoisotopic (exact) mass is 241 g/mol. The van der Waals surface area contributed by atoms with Gasteiger partial charge in [0.15, 0.2) is 0 Å². The van der Waals surface area contributed by atoms with E-state index in [-0.39, 0.29) is 0 Å². The summed E-state index contributed by atoms with van der Waals surface area (Å²) in [6.45, 7) is 9.01. The quantitative estimate of drug-likeness (QED) is 0.769. The summed E-state index contributed by atoms with van der Waals surface area (Å²) < 4.78 is 0. The zero-order valence-corrected chi connectivity index (χ0v) is 12.2. The molecule has 0 aromatic rings. The van der Waals surface area contributed by atoms with Crippen LogP contribution in [0.4, 0.5) is 0 Å². The Morgan fingerprint density at radius 3 is 2.18 bits per heavy atom. The molecule has 1 aliphatic rings. The van der Waals surface area contributed by atoms with Crippen LogP contribution in [0, 0.1) is 5.41 Å². The van der Waals surface area contributed by atoms with E-state index in [1.165, 1.54) is 38.8 Å². The van der Waals surface area contributed by atoms with Crippen molar-refractivity contribution < 1.29 is 0 Å². The molecule has 0 amide bonds. The van der Waals surface area contributed by atoms with Crippen LogP contribution < -0.4 is 5.73 Å². The topological polar surface area (TPSA) is 32.5 Å². The van der Waals surface area contributed by atoms with Gasteiger partial charge in [-0.15, -0.1) is 0 Å². The van der Waals surface area contributed by atoms with Gasteiger partial charge in [0.1, 0.15) is 0 Å². The van der Waals surface area contributed by atoms with Crippen molar-refractivity contribution in [2.24, 2.45) is 11.1 Å². The van der Waals surface area contributed by atoms with Gasteiger partial charge in [0.25, 0.3) is 0 Å². The molecule has 1 heterocycles. The summed E-state index contributed by atoms with van der Waals surface area (Å²) in [6, 6.07) is 0.759. The lowest BCUT2D eigenvalue weighted by Gasteiger charge is -2.41. The first kappa shape index (κ1) is 14.9. The van der Waals surface area contributed by atoms with Crippen LogP contribution in [0.25, 0.3) is 0 Å². The minimum atomic E-state index is 0.331. The van der Waals surface area contributed by atoms with Crippen LogP contribution in [0.5, 0.6) is 0 Å². The molecule has 0 spiro atoms. The number of hydrogen-bond donors (Lipinski definition) is 1. The van der Waals surface area contributed by atoms with Crippen molar-refractivity contribution in [3.63, 3.8) is 0 Å². The van der Waals surface area contributed by atoms with E-state index < -0.39 is 0 Å². The molecule has 0 saturated carbocycles. The molecule has 102 valence electrons. The van der Waals surface area contributed by atoms with Gasteiger partial charge >= 0.3 is 0 Å². The molecule has 1 fully saturated rings. The fraction of sp³-hybridized carbons (Fsp3) is 1.00. The van der Waals surface area contributed by atoms with Crippen LogP contribution in [-0.4, -0.2) is 56.1 Å². The van der Waals surface area contributed by atoms with Crippen LogP contribution in [0.15, 0.2) is 0 Å². The van der Waals surface area contributed by atoms with E-state index in [1.807, 2.05) is 0 Å². The zero-order chi connectivity index (χ0) is 12.9. The Balaban J connectivity index is 2.49. The molecule has 0 aliphatic carbocycles. The van der Waals surface area contributed by atoms with Crippen molar-refractivity contribution in [1.82, 2.24) is 9.80 Å². The summed E-state index contributed by atoms with van der Waals surface area (Å²) >= 11 is 0. The lowest BCUT2D eigenvalue weighted by molar-refractivity contribution is 0.0907. The van der Waals surface area contributed by atoms with Crippen molar-refractivity contribution in [2.75, 3.05) is 40.3 Å². The van der Waals surface area contributed by atoms with Crippen LogP contribution in [-0.2, 0) is 0 Å². The van der Waals surface area contributed by atoms with E-state index in [0.717, 1.165) is 19.1 Å². The Labute approximate surface area is 107 Å². The predicted octanol–water partition coefficient (Wildman–Crippen LogP) is 1.78. The third kappa shape index (κ3) is 3.94. The zero-order valence-electron chi connectivity index (χ0n) is 12.2. The van der Waals surface area contributed by atoms with Gasteiger partial charge in [0.2, 0.25) is 0 Å². The molecule has 0 unspecified atom stereocenters. The Morgan fingerprint density at radius 2 is 1.76 bits per heavy atom. The fourth-order valence-electron chi connectivity index (χ4n) is 2.92. The molecule has 2 N–H and O–H groups in total. The first-order valence-corrected chi connectivity index (χ1v) is 7.15. The minimum absolute atomic E-state index is 0.331. The first-order valence-electron chi connectivity index (χ1n) is 7.15. The maximum atomic E-state index is 5.99. The van der Waals surface area contributed by atoms with E-state index in [9.17, 15) is 0 Å². The van der Waals surface area contributed by atoms with Gasteiger partial charge in [-0.25, -0.2) is 0 Å². The molecular formula is C14H31N3. The number of likely N-dealkylation sites (tertiary alicyclic amines) is 1. The average Bonchev–Trinajstić information content (AvgIpc) is 2.37. The maximum Gasteiger partial charge on any atom is 0.0117 e. The van der Waals surface area contributed by atoms with Crippen LogP contribution in [0.2, 0.25) is 0 Å². The smallest absolute Gasteiger partial charge is 0.0117 e. The summed E-state index contributed by atoms with van der Waals surface area (Å²) in [5, 5.41) is 0. The number of piperidine rings is 1. The fourth-order valence-corrected chi connectivity index (χ4v) is 2.92. The van der Waals surface area contributed by atoms with Gasteiger partial charge in [-0.2, -0.15) is 0 Å². The lowest BCUT2D eigenvalue weighted by Crippen LogP contribution is -2.48. The molecule has 1 rings (SSSR count). The molecular weight excluding hydrogens is 210 g/mol. The SMILES string of the molecule is CCC(CC)(CN)CN(C)C1CCN(C)CC1. The number of hydrogen-bond acceptors (Lipinski definition) is 3. The van der Waals surface area contributed by atoms with Crippen molar-refractivity contribution in [1.29, 1.82) is 0 Å². The van der Waals surface area contributed by atoms with Crippen molar-refractivity contribution in [2.45, 2.75) is 45.6 Å². The number of nitrogens with zero attached hydrogens (tertiary/aromatic N) is 2. The van der Waals surface area contributed by atoms with Gasteiger partial charge in [-0.1, -0.05) is 13.8 Å². The minimum Gasteiger partial charge on any atom is -0.330 e. The van der Waals surface area contributed by atoms with Crippen molar-refractivity contribution >= 4 is 0 Å². The summed E-state index contributed by atoms with van der Waals surface area (Å²) in [6.07, 6.45) is 5.00. The molecule has 0 atom stereocenters. The van der Waals surface area contributed by atoms with Gasteiger partial charge in [-0.3, -0.25) is 0 Å². The predicted molar refractivity (Wildman–Crippen MR) is 75.2 cm³/mol. The van der Waals surface area contributed by atoms with Gasteiger partial charge in [0.05, 0.1) is 0 Å². The molecule has 0 aromatic carbocycles. The molecule has 17 heavy (non-hydrogen) atoms. The summed E-state index contributed by atoms with van der Waals surface area (Å²) in [5.74, 6) is 0. The molecule has 1 aliphatic heterocycles. The highest BCUT2D eigenvalue weighted by Gasteiger charge is 2.29. The van der Waals surface area contributed by atoms with Gasteiger partial charge in [-0.05, 0) is 64.8 Å². The Bertz CT molecular complexity index is 197. The van der Waals surface area contributed by atoms with Crippen LogP contribution in [0.1, 0.15) is 39.5 Å². The van der Waals surface area contributed by atoms with Gasteiger partial charge in [0, 0.05) is 12.6 Å². The van der Waals surface area contributed by atoms with Gasteiger partial charge < -0.3 is 15.5 Å². The van der Waals surface area contributed by atoms with E-state index in [1.54, 1.807) is 0 Å². The summed E-state index contributed by atoms with van der Waals surface area (Å²) in [4.78, 5) is 4.99. The first-order chi connectivity index (χ1) is 8.06.